The normalized spacial score (nSPS) is 13.0. The van der Waals surface area contributed by atoms with Crippen LogP contribution in [0.2, 0.25) is 10.0 Å². The predicted molar refractivity (Wildman–Crippen MR) is 119 cm³/mol. The van der Waals surface area contributed by atoms with Crippen molar-refractivity contribution >= 4 is 40.9 Å². The first-order valence-corrected chi connectivity index (χ1v) is 10.9. The second kappa shape index (κ2) is 9.25. The minimum atomic E-state index is -0.236. The van der Waals surface area contributed by atoms with E-state index in [4.69, 9.17) is 37.4 Å². The molecule has 4 rings (SSSR count). The van der Waals surface area contributed by atoms with Gasteiger partial charge in [-0.2, -0.15) is 0 Å². The Kier molecular flexibility index (Phi) is 6.45. The lowest BCUT2D eigenvalue weighted by molar-refractivity contribution is 0.0952. The van der Waals surface area contributed by atoms with E-state index < -0.39 is 0 Å². The van der Waals surface area contributed by atoms with Gasteiger partial charge in [0.25, 0.3) is 5.91 Å². The zero-order chi connectivity index (χ0) is 22.0. The third-order valence-corrected chi connectivity index (χ3v) is 5.98. The van der Waals surface area contributed by atoms with Gasteiger partial charge in [0.1, 0.15) is 23.9 Å². The number of amides is 1. The summed E-state index contributed by atoms with van der Waals surface area (Å²) in [6.45, 7) is 0.526. The van der Waals surface area contributed by atoms with Crippen LogP contribution < -0.4 is 19.2 Å². The number of methoxy groups -OCH3 is 2. The van der Waals surface area contributed by atoms with Crippen LogP contribution in [0.1, 0.15) is 16.2 Å². The van der Waals surface area contributed by atoms with Crippen molar-refractivity contribution in [3.05, 3.63) is 57.8 Å². The fourth-order valence-electron chi connectivity index (χ4n) is 3.04. The maximum absolute atomic E-state index is 13.4. The number of aromatic nitrogens is 3. The summed E-state index contributed by atoms with van der Waals surface area (Å²) >= 11 is 13.7. The summed E-state index contributed by atoms with van der Waals surface area (Å²) < 4.78 is 18.1. The molecule has 1 aromatic heterocycles. The molecule has 0 bridgehead atoms. The molecular formula is C20H18Cl2N4O4S. The molecule has 31 heavy (non-hydrogen) atoms. The number of benzene rings is 2. The average Bonchev–Trinajstić information content (AvgIpc) is 3.22. The Morgan fingerprint density at radius 2 is 1.84 bits per heavy atom. The standard InChI is InChI=1S/C20H18Cl2N4O4S/c1-28-14-7-12(8-15(10-14)29-2)19(27)25-5-6-31-20-24-23-18(26(20)25)11-30-17-9-13(21)3-4-16(17)22/h3-4,7-10H,5-6,11H2,1-2H3. The Morgan fingerprint density at radius 1 is 1.10 bits per heavy atom. The summed E-state index contributed by atoms with van der Waals surface area (Å²) in [6.07, 6.45) is 0. The number of fused-ring (bicyclic) bond motifs is 1. The number of nitrogens with zero attached hydrogens (tertiary/aromatic N) is 4. The molecule has 0 saturated carbocycles. The molecule has 2 aromatic carbocycles. The van der Waals surface area contributed by atoms with Crippen molar-refractivity contribution in [1.29, 1.82) is 0 Å². The molecule has 0 aliphatic carbocycles. The Labute approximate surface area is 193 Å². The maximum atomic E-state index is 13.4. The molecule has 0 spiro atoms. The van der Waals surface area contributed by atoms with Crippen LogP contribution in [0, 0.1) is 0 Å². The maximum Gasteiger partial charge on any atom is 0.273 e. The summed E-state index contributed by atoms with van der Waals surface area (Å²) in [7, 11) is 3.07. The van der Waals surface area contributed by atoms with E-state index in [-0.39, 0.29) is 12.5 Å². The molecule has 11 heteroatoms. The van der Waals surface area contributed by atoms with Crippen molar-refractivity contribution in [2.75, 3.05) is 31.5 Å². The third-order valence-electron chi connectivity index (χ3n) is 4.54. The van der Waals surface area contributed by atoms with Gasteiger partial charge in [-0.3, -0.25) is 4.79 Å². The lowest BCUT2D eigenvalue weighted by Gasteiger charge is -2.29. The fraction of sp³-hybridized carbons (Fsp3) is 0.250. The fourth-order valence-corrected chi connectivity index (χ4v) is 4.25. The molecule has 0 unspecified atom stereocenters. The van der Waals surface area contributed by atoms with Gasteiger partial charge in [-0.25, -0.2) is 9.69 Å². The van der Waals surface area contributed by atoms with Gasteiger partial charge < -0.3 is 14.2 Å². The molecule has 0 saturated heterocycles. The van der Waals surface area contributed by atoms with Crippen LogP contribution in [0.25, 0.3) is 0 Å². The molecule has 2 heterocycles. The summed E-state index contributed by atoms with van der Waals surface area (Å²) in [4.78, 5) is 13.4. The first kappa shape index (κ1) is 21.6. The smallest absolute Gasteiger partial charge is 0.273 e. The molecular weight excluding hydrogens is 463 g/mol. The van der Waals surface area contributed by atoms with Crippen molar-refractivity contribution in [2.24, 2.45) is 0 Å². The lowest BCUT2D eigenvalue weighted by Crippen LogP contribution is -2.45. The van der Waals surface area contributed by atoms with Crippen LogP contribution in [0.5, 0.6) is 17.2 Å². The largest absolute Gasteiger partial charge is 0.497 e. The number of ether oxygens (including phenoxy) is 3. The zero-order valence-electron chi connectivity index (χ0n) is 16.7. The van der Waals surface area contributed by atoms with E-state index in [9.17, 15) is 4.79 Å². The van der Waals surface area contributed by atoms with Crippen LogP contribution in [-0.2, 0) is 6.61 Å². The zero-order valence-corrected chi connectivity index (χ0v) is 19.0. The minimum Gasteiger partial charge on any atom is -0.497 e. The summed E-state index contributed by atoms with van der Waals surface area (Å²) in [6, 6.07) is 9.99. The van der Waals surface area contributed by atoms with Crippen LogP contribution in [0.3, 0.4) is 0 Å². The van der Waals surface area contributed by atoms with Gasteiger partial charge in [0, 0.05) is 28.5 Å². The predicted octanol–water partition coefficient (Wildman–Crippen LogP) is 4.07. The topological polar surface area (TPSA) is 78.7 Å². The summed E-state index contributed by atoms with van der Waals surface area (Å²) in [5.74, 6) is 2.38. The highest BCUT2D eigenvalue weighted by molar-refractivity contribution is 7.99. The van der Waals surface area contributed by atoms with Crippen molar-refractivity contribution in [3.63, 3.8) is 0 Å². The minimum absolute atomic E-state index is 0.0544. The Balaban J connectivity index is 1.63. The monoisotopic (exact) mass is 480 g/mol. The van der Waals surface area contributed by atoms with Crippen LogP contribution in [-0.4, -0.2) is 47.3 Å². The number of hydrogen-bond donors (Lipinski definition) is 0. The van der Waals surface area contributed by atoms with E-state index in [0.29, 0.717) is 56.1 Å². The molecule has 1 aliphatic heterocycles. The van der Waals surface area contributed by atoms with Gasteiger partial charge in [-0.1, -0.05) is 35.0 Å². The number of hydrogen-bond acceptors (Lipinski definition) is 7. The second-order valence-electron chi connectivity index (χ2n) is 6.45. The molecule has 0 atom stereocenters. The first-order chi connectivity index (χ1) is 15.0. The Morgan fingerprint density at radius 3 is 2.55 bits per heavy atom. The van der Waals surface area contributed by atoms with Crippen LogP contribution >= 0.6 is 35.0 Å². The Bertz CT molecular complexity index is 1100. The molecule has 1 amide bonds. The van der Waals surface area contributed by atoms with Crippen LogP contribution in [0.15, 0.2) is 41.6 Å². The number of halogens is 2. The van der Waals surface area contributed by atoms with Crippen molar-refractivity contribution < 1.29 is 19.0 Å². The number of thioether (sulfide) groups is 1. The van der Waals surface area contributed by atoms with E-state index >= 15 is 0 Å². The lowest BCUT2D eigenvalue weighted by atomic mass is 10.2. The van der Waals surface area contributed by atoms with Crippen LogP contribution in [0.4, 0.5) is 0 Å². The second-order valence-corrected chi connectivity index (χ2v) is 8.36. The van der Waals surface area contributed by atoms with E-state index in [1.807, 2.05) is 0 Å². The highest BCUT2D eigenvalue weighted by Crippen LogP contribution is 2.30. The molecule has 0 fully saturated rings. The summed E-state index contributed by atoms with van der Waals surface area (Å²) in [5, 5.41) is 11.5. The summed E-state index contributed by atoms with van der Waals surface area (Å²) in [5.41, 5.74) is 0.424. The number of rotatable bonds is 6. The molecule has 0 N–H and O–H groups in total. The first-order valence-electron chi connectivity index (χ1n) is 9.20. The van der Waals surface area contributed by atoms with Gasteiger partial charge in [0.05, 0.1) is 25.8 Å². The highest BCUT2D eigenvalue weighted by atomic mass is 35.5. The number of carbonyl (C=O) groups excluding carboxylic acids is 1. The molecule has 8 nitrogen and oxygen atoms in total. The molecule has 1 aliphatic rings. The molecule has 0 radical (unpaired) electrons. The number of carbonyl (C=O) groups is 1. The van der Waals surface area contributed by atoms with Crippen molar-refractivity contribution in [1.82, 2.24) is 14.9 Å². The van der Waals surface area contributed by atoms with Crippen molar-refractivity contribution in [2.45, 2.75) is 11.8 Å². The van der Waals surface area contributed by atoms with Gasteiger partial charge in [0.2, 0.25) is 5.16 Å². The van der Waals surface area contributed by atoms with E-state index in [1.54, 1.807) is 46.1 Å². The van der Waals surface area contributed by atoms with Gasteiger partial charge in [-0.05, 0) is 24.3 Å². The van der Waals surface area contributed by atoms with Crippen molar-refractivity contribution in [3.8, 4) is 17.2 Å². The molecule has 162 valence electrons. The van der Waals surface area contributed by atoms with E-state index in [2.05, 4.69) is 10.2 Å². The van der Waals surface area contributed by atoms with Gasteiger partial charge in [0.15, 0.2) is 5.82 Å². The Hall–Kier alpha value is -2.62. The quantitative estimate of drug-likeness (QED) is 0.525. The van der Waals surface area contributed by atoms with Gasteiger partial charge in [-0.15, -0.1) is 10.2 Å². The van der Waals surface area contributed by atoms with Gasteiger partial charge >= 0.3 is 0 Å². The van der Waals surface area contributed by atoms with E-state index in [1.165, 1.54) is 26.0 Å². The average molecular weight is 481 g/mol. The molecule has 3 aromatic rings. The highest BCUT2D eigenvalue weighted by Gasteiger charge is 2.29. The van der Waals surface area contributed by atoms with E-state index in [0.717, 1.165) is 0 Å². The third kappa shape index (κ3) is 4.53. The SMILES string of the molecule is COc1cc(OC)cc(C(=O)N2CCSc3nnc(COc4cc(Cl)ccc4Cl)n32)c1.